The smallest absolute Gasteiger partial charge is 0.0446 e. The molecule has 0 aliphatic rings. The summed E-state index contributed by atoms with van der Waals surface area (Å²) in [5, 5.41) is 12.7. The van der Waals surface area contributed by atoms with Gasteiger partial charge in [0.25, 0.3) is 0 Å². The standard InChI is InChI=1S/C15H35N3O/c1-6-8-16-15(7-11-19)13-18(12-14(2)3)10-9-17(4)5/h14-16,19H,6-13H2,1-5H3. The van der Waals surface area contributed by atoms with Gasteiger partial charge < -0.3 is 20.2 Å². The van der Waals surface area contributed by atoms with E-state index in [4.69, 9.17) is 0 Å². The van der Waals surface area contributed by atoms with Gasteiger partial charge in [0.05, 0.1) is 0 Å². The van der Waals surface area contributed by atoms with Crippen LogP contribution in [-0.4, -0.2) is 74.4 Å². The van der Waals surface area contributed by atoms with E-state index < -0.39 is 0 Å². The van der Waals surface area contributed by atoms with Crippen molar-refractivity contribution in [1.29, 1.82) is 0 Å². The molecule has 0 aromatic carbocycles. The van der Waals surface area contributed by atoms with Crippen LogP contribution in [0.4, 0.5) is 0 Å². The quantitative estimate of drug-likeness (QED) is 0.561. The molecule has 116 valence electrons. The first-order chi connectivity index (χ1) is 8.99. The Hall–Kier alpha value is -0.160. The van der Waals surface area contributed by atoms with Crippen LogP contribution in [0, 0.1) is 5.92 Å². The molecule has 0 heterocycles. The molecule has 0 aromatic heterocycles. The van der Waals surface area contributed by atoms with Gasteiger partial charge in [-0.05, 0) is 39.4 Å². The van der Waals surface area contributed by atoms with Crippen molar-refractivity contribution in [1.82, 2.24) is 15.1 Å². The van der Waals surface area contributed by atoms with Gasteiger partial charge in [-0.1, -0.05) is 20.8 Å². The molecule has 0 saturated heterocycles. The van der Waals surface area contributed by atoms with E-state index in [1.54, 1.807) is 0 Å². The molecule has 0 spiro atoms. The molecule has 4 heteroatoms. The minimum absolute atomic E-state index is 0.268. The van der Waals surface area contributed by atoms with E-state index in [1.165, 1.54) is 0 Å². The van der Waals surface area contributed by atoms with Crippen LogP contribution < -0.4 is 5.32 Å². The zero-order chi connectivity index (χ0) is 14.7. The van der Waals surface area contributed by atoms with Crippen molar-refractivity contribution < 1.29 is 5.11 Å². The molecule has 19 heavy (non-hydrogen) atoms. The maximum absolute atomic E-state index is 9.18. The Kier molecular flexibility index (Phi) is 11.6. The summed E-state index contributed by atoms with van der Waals surface area (Å²) < 4.78 is 0. The fraction of sp³-hybridized carbons (Fsp3) is 1.00. The van der Waals surface area contributed by atoms with E-state index in [9.17, 15) is 5.11 Å². The van der Waals surface area contributed by atoms with E-state index >= 15 is 0 Å². The predicted molar refractivity (Wildman–Crippen MR) is 83.6 cm³/mol. The monoisotopic (exact) mass is 273 g/mol. The van der Waals surface area contributed by atoms with Gasteiger partial charge in [-0.25, -0.2) is 0 Å². The maximum Gasteiger partial charge on any atom is 0.0446 e. The van der Waals surface area contributed by atoms with Crippen LogP contribution in [0.25, 0.3) is 0 Å². The molecule has 0 saturated carbocycles. The van der Waals surface area contributed by atoms with Crippen molar-refractivity contribution in [2.24, 2.45) is 5.92 Å². The number of nitrogens with zero attached hydrogens (tertiary/aromatic N) is 2. The number of aliphatic hydroxyl groups is 1. The van der Waals surface area contributed by atoms with Crippen molar-refractivity contribution >= 4 is 0 Å². The van der Waals surface area contributed by atoms with Gasteiger partial charge in [-0.3, -0.25) is 0 Å². The first kappa shape index (κ1) is 18.8. The van der Waals surface area contributed by atoms with Crippen LogP contribution in [0.2, 0.25) is 0 Å². The van der Waals surface area contributed by atoms with Crippen molar-refractivity contribution in [3.8, 4) is 0 Å². The number of aliphatic hydroxyl groups excluding tert-OH is 1. The van der Waals surface area contributed by atoms with Gasteiger partial charge in [0.1, 0.15) is 0 Å². The molecule has 0 rings (SSSR count). The Bertz CT molecular complexity index is 198. The zero-order valence-corrected chi connectivity index (χ0v) is 13.7. The van der Waals surface area contributed by atoms with Crippen LogP contribution in [0.5, 0.6) is 0 Å². The molecule has 0 bridgehead atoms. The molecule has 0 fully saturated rings. The molecule has 1 unspecified atom stereocenters. The Labute approximate surface area is 120 Å². The van der Waals surface area contributed by atoms with Gasteiger partial charge in [0.15, 0.2) is 0 Å². The number of rotatable bonds is 12. The second-order valence-electron chi connectivity index (χ2n) is 6.12. The van der Waals surface area contributed by atoms with Gasteiger partial charge in [-0.15, -0.1) is 0 Å². The van der Waals surface area contributed by atoms with Gasteiger partial charge >= 0.3 is 0 Å². The summed E-state index contributed by atoms with van der Waals surface area (Å²) in [5.74, 6) is 0.683. The van der Waals surface area contributed by atoms with Crippen molar-refractivity contribution in [2.75, 3.05) is 53.4 Å². The number of nitrogens with one attached hydrogen (secondary N) is 1. The van der Waals surface area contributed by atoms with Crippen molar-refractivity contribution in [3.05, 3.63) is 0 Å². The molecule has 1 atom stereocenters. The number of hydrogen-bond donors (Lipinski definition) is 2. The third-order valence-corrected chi connectivity index (χ3v) is 3.13. The highest BCUT2D eigenvalue weighted by atomic mass is 16.3. The molecular formula is C15H35N3O. The lowest BCUT2D eigenvalue weighted by molar-refractivity contribution is 0.181. The maximum atomic E-state index is 9.18. The van der Waals surface area contributed by atoms with Crippen molar-refractivity contribution in [3.63, 3.8) is 0 Å². The van der Waals surface area contributed by atoms with Crippen molar-refractivity contribution in [2.45, 2.75) is 39.7 Å². The van der Waals surface area contributed by atoms with E-state index in [-0.39, 0.29) is 6.61 Å². The van der Waals surface area contributed by atoms with E-state index in [0.29, 0.717) is 12.0 Å². The van der Waals surface area contributed by atoms with Crippen LogP contribution in [0.1, 0.15) is 33.6 Å². The molecule has 2 N–H and O–H groups in total. The first-order valence-corrected chi connectivity index (χ1v) is 7.70. The predicted octanol–water partition coefficient (Wildman–Crippen LogP) is 1.26. The molecule has 0 aromatic rings. The minimum atomic E-state index is 0.268. The SMILES string of the molecule is CCCNC(CCO)CN(CCN(C)C)CC(C)C. The Morgan fingerprint density at radius 3 is 2.26 bits per heavy atom. The van der Waals surface area contributed by atoms with E-state index in [0.717, 1.165) is 45.6 Å². The fourth-order valence-electron chi connectivity index (χ4n) is 2.19. The Morgan fingerprint density at radius 2 is 1.79 bits per heavy atom. The normalized spacial score (nSPS) is 13.7. The second-order valence-corrected chi connectivity index (χ2v) is 6.12. The highest BCUT2D eigenvalue weighted by Crippen LogP contribution is 2.03. The lowest BCUT2D eigenvalue weighted by Crippen LogP contribution is -2.45. The van der Waals surface area contributed by atoms with Gasteiger partial charge in [0.2, 0.25) is 0 Å². The molecule has 0 aliphatic carbocycles. The largest absolute Gasteiger partial charge is 0.396 e. The molecular weight excluding hydrogens is 238 g/mol. The van der Waals surface area contributed by atoms with Gasteiger partial charge in [-0.2, -0.15) is 0 Å². The summed E-state index contributed by atoms with van der Waals surface area (Å²) in [4.78, 5) is 4.75. The number of likely N-dealkylation sites (N-methyl/N-ethyl adjacent to an activating group) is 1. The highest BCUT2D eigenvalue weighted by Gasteiger charge is 2.14. The lowest BCUT2D eigenvalue weighted by Gasteiger charge is -2.30. The third-order valence-electron chi connectivity index (χ3n) is 3.13. The van der Waals surface area contributed by atoms with Crippen LogP contribution in [0.15, 0.2) is 0 Å². The topological polar surface area (TPSA) is 38.7 Å². The zero-order valence-electron chi connectivity index (χ0n) is 13.7. The average Bonchev–Trinajstić information content (AvgIpc) is 2.32. The molecule has 4 nitrogen and oxygen atoms in total. The summed E-state index contributed by atoms with van der Waals surface area (Å²) >= 11 is 0. The molecule has 0 radical (unpaired) electrons. The Balaban J connectivity index is 4.28. The minimum Gasteiger partial charge on any atom is -0.396 e. The van der Waals surface area contributed by atoms with E-state index in [2.05, 4.69) is 50.0 Å². The molecule has 0 aliphatic heterocycles. The summed E-state index contributed by atoms with van der Waals surface area (Å²) in [6.45, 7) is 12.4. The average molecular weight is 273 g/mol. The summed E-state index contributed by atoms with van der Waals surface area (Å²) in [6.07, 6.45) is 1.99. The summed E-state index contributed by atoms with van der Waals surface area (Å²) in [6, 6.07) is 0.408. The Morgan fingerprint density at radius 1 is 1.11 bits per heavy atom. The van der Waals surface area contributed by atoms with Gasteiger partial charge in [0, 0.05) is 38.8 Å². The van der Waals surface area contributed by atoms with Crippen LogP contribution in [-0.2, 0) is 0 Å². The van der Waals surface area contributed by atoms with Crippen LogP contribution in [0.3, 0.4) is 0 Å². The highest BCUT2D eigenvalue weighted by molar-refractivity contribution is 4.73. The van der Waals surface area contributed by atoms with Crippen LogP contribution >= 0.6 is 0 Å². The second kappa shape index (κ2) is 11.6. The van der Waals surface area contributed by atoms with E-state index in [1.807, 2.05) is 0 Å². The summed E-state index contributed by atoms with van der Waals surface area (Å²) in [5.41, 5.74) is 0. The summed E-state index contributed by atoms with van der Waals surface area (Å²) in [7, 11) is 4.24. The third kappa shape index (κ3) is 11.4. The fourth-order valence-corrected chi connectivity index (χ4v) is 2.19. The number of hydrogen-bond acceptors (Lipinski definition) is 4. The lowest BCUT2D eigenvalue weighted by atomic mass is 10.1. The first-order valence-electron chi connectivity index (χ1n) is 7.70. The molecule has 0 amide bonds.